The molecular weight excluding hydrogens is 410 g/mol. The van der Waals surface area contributed by atoms with Crippen molar-refractivity contribution in [1.29, 1.82) is 0 Å². The minimum absolute atomic E-state index is 0.311. The first-order valence-electron chi connectivity index (χ1n) is 10.6. The summed E-state index contributed by atoms with van der Waals surface area (Å²) in [6.07, 6.45) is 3.00. The number of aromatic nitrogens is 2. The van der Waals surface area contributed by atoms with Gasteiger partial charge in [-0.1, -0.05) is 56.3 Å². The monoisotopic (exact) mass is 433 g/mol. The van der Waals surface area contributed by atoms with Crippen LogP contribution >= 0.6 is 22.9 Å². The van der Waals surface area contributed by atoms with Gasteiger partial charge in [0.1, 0.15) is 10.6 Å². The molecule has 0 bridgehead atoms. The van der Waals surface area contributed by atoms with E-state index < -0.39 is 0 Å². The lowest BCUT2D eigenvalue weighted by atomic mass is 10.00. The first-order chi connectivity index (χ1) is 14.6. The number of rotatable bonds is 4. The van der Waals surface area contributed by atoms with Gasteiger partial charge in [-0.3, -0.25) is 0 Å². The van der Waals surface area contributed by atoms with Crippen LogP contribution in [0.2, 0.25) is 5.28 Å². The van der Waals surface area contributed by atoms with E-state index in [4.69, 9.17) is 16.6 Å². The van der Waals surface area contributed by atoms with Gasteiger partial charge in [0, 0.05) is 22.2 Å². The molecule has 152 valence electrons. The molecule has 0 N–H and O–H groups in total. The van der Waals surface area contributed by atoms with Crippen molar-refractivity contribution in [2.24, 2.45) is 0 Å². The Labute approximate surface area is 186 Å². The Balaban J connectivity index is 1.80. The average molecular weight is 434 g/mol. The lowest BCUT2D eigenvalue weighted by Gasteiger charge is -2.25. The standard InChI is InChI=1S/C25H24ClN3S/c1-4-16-10-12-17(13-11-16)21-20(5-2)30-24-22(21)23(27-25(26)28-24)29-15(3)14-18-8-6-7-9-19(18)29/h6-13,15H,4-5,14H2,1-3H3. The van der Waals surface area contributed by atoms with E-state index in [0.29, 0.717) is 11.3 Å². The first kappa shape index (κ1) is 19.5. The zero-order valence-electron chi connectivity index (χ0n) is 17.4. The Bertz CT molecular complexity index is 1230. The number of para-hydroxylation sites is 1. The third kappa shape index (κ3) is 3.10. The fraction of sp³-hybridized carbons (Fsp3) is 0.280. The van der Waals surface area contributed by atoms with Gasteiger partial charge in [0.05, 0.1) is 5.39 Å². The van der Waals surface area contributed by atoms with Crippen molar-refractivity contribution in [2.75, 3.05) is 4.90 Å². The molecule has 0 saturated carbocycles. The smallest absolute Gasteiger partial charge is 0.225 e. The van der Waals surface area contributed by atoms with Crippen LogP contribution in [0.15, 0.2) is 48.5 Å². The van der Waals surface area contributed by atoms with Gasteiger partial charge >= 0.3 is 0 Å². The van der Waals surface area contributed by atoms with Gasteiger partial charge in [-0.05, 0) is 60.5 Å². The molecule has 3 heterocycles. The minimum Gasteiger partial charge on any atom is -0.322 e. The number of hydrogen-bond acceptors (Lipinski definition) is 4. The van der Waals surface area contributed by atoms with E-state index in [2.05, 4.69) is 79.2 Å². The second kappa shape index (κ2) is 7.68. The third-order valence-corrected chi connectivity index (χ3v) is 7.38. The Kier molecular flexibility index (Phi) is 5.00. The molecule has 3 nitrogen and oxygen atoms in total. The fourth-order valence-electron chi connectivity index (χ4n) is 4.53. The Morgan fingerprint density at radius 2 is 1.80 bits per heavy atom. The maximum Gasteiger partial charge on any atom is 0.225 e. The van der Waals surface area contributed by atoms with Gasteiger partial charge in [0.25, 0.3) is 0 Å². The molecule has 5 rings (SSSR count). The van der Waals surface area contributed by atoms with Crippen LogP contribution in [0.5, 0.6) is 0 Å². The maximum atomic E-state index is 6.43. The summed E-state index contributed by atoms with van der Waals surface area (Å²) >= 11 is 8.16. The van der Waals surface area contributed by atoms with Crippen molar-refractivity contribution in [3.8, 4) is 11.1 Å². The number of anilines is 2. The number of halogens is 1. The molecule has 0 radical (unpaired) electrons. The second-order valence-corrected chi connectivity index (χ2v) is 9.27. The molecule has 1 aliphatic rings. The fourth-order valence-corrected chi connectivity index (χ4v) is 5.87. The molecule has 1 unspecified atom stereocenters. The van der Waals surface area contributed by atoms with Gasteiger partial charge in [0.2, 0.25) is 5.28 Å². The lowest BCUT2D eigenvalue weighted by Crippen LogP contribution is -2.25. The molecular formula is C25H24ClN3S. The van der Waals surface area contributed by atoms with Gasteiger partial charge < -0.3 is 4.90 Å². The molecule has 0 spiro atoms. The zero-order valence-corrected chi connectivity index (χ0v) is 19.0. The van der Waals surface area contributed by atoms with Crippen LogP contribution in [0.25, 0.3) is 21.3 Å². The molecule has 2 aromatic carbocycles. The molecule has 4 aromatic rings. The average Bonchev–Trinajstić information content (AvgIpc) is 3.29. The highest BCUT2D eigenvalue weighted by molar-refractivity contribution is 7.19. The zero-order chi connectivity index (χ0) is 20.8. The number of nitrogens with zero attached hydrogens (tertiary/aromatic N) is 3. The summed E-state index contributed by atoms with van der Waals surface area (Å²) in [6.45, 7) is 6.65. The summed E-state index contributed by atoms with van der Waals surface area (Å²) in [5, 5.41) is 1.43. The van der Waals surface area contributed by atoms with Crippen molar-refractivity contribution in [3.63, 3.8) is 0 Å². The van der Waals surface area contributed by atoms with Crippen LogP contribution in [-0.4, -0.2) is 16.0 Å². The van der Waals surface area contributed by atoms with Crippen molar-refractivity contribution in [2.45, 2.75) is 46.1 Å². The molecule has 5 heteroatoms. The van der Waals surface area contributed by atoms with Gasteiger partial charge in [0.15, 0.2) is 0 Å². The van der Waals surface area contributed by atoms with E-state index in [1.807, 2.05) is 0 Å². The molecule has 1 aliphatic heterocycles. The van der Waals surface area contributed by atoms with Crippen LogP contribution in [0.4, 0.5) is 11.5 Å². The van der Waals surface area contributed by atoms with E-state index in [0.717, 1.165) is 35.3 Å². The Morgan fingerprint density at radius 1 is 1.03 bits per heavy atom. The molecule has 30 heavy (non-hydrogen) atoms. The largest absolute Gasteiger partial charge is 0.322 e. The highest BCUT2D eigenvalue weighted by Gasteiger charge is 2.31. The van der Waals surface area contributed by atoms with Crippen LogP contribution in [0, 0.1) is 0 Å². The summed E-state index contributed by atoms with van der Waals surface area (Å²) < 4.78 is 0. The second-order valence-electron chi connectivity index (χ2n) is 7.85. The predicted octanol–water partition coefficient (Wildman–Crippen LogP) is 7.22. The molecule has 0 fully saturated rings. The van der Waals surface area contributed by atoms with Crippen LogP contribution in [-0.2, 0) is 19.3 Å². The summed E-state index contributed by atoms with van der Waals surface area (Å²) in [6, 6.07) is 17.8. The molecule has 0 amide bonds. The quantitative estimate of drug-likeness (QED) is 0.318. The van der Waals surface area contributed by atoms with E-state index in [1.54, 1.807) is 11.3 Å². The number of aryl methyl sites for hydroxylation is 2. The van der Waals surface area contributed by atoms with Crippen LogP contribution in [0.3, 0.4) is 0 Å². The number of benzene rings is 2. The number of fused-ring (bicyclic) bond motifs is 2. The summed E-state index contributed by atoms with van der Waals surface area (Å²) in [4.78, 5) is 14.1. The van der Waals surface area contributed by atoms with E-state index in [-0.39, 0.29) is 0 Å². The lowest BCUT2D eigenvalue weighted by molar-refractivity contribution is 0.752. The Morgan fingerprint density at radius 3 is 2.53 bits per heavy atom. The van der Waals surface area contributed by atoms with E-state index in [1.165, 1.54) is 32.8 Å². The Hall–Kier alpha value is -2.43. The normalized spacial score (nSPS) is 15.7. The van der Waals surface area contributed by atoms with Crippen molar-refractivity contribution in [3.05, 3.63) is 69.8 Å². The molecule has 2 aromatic heterocycles. The van der Waals surface area contributed by atoms with Gasteiger partial charge in [-0.25, -0.2) is 4.98 Å². The minimum atomic E-state index is 0.311. The molecule has 1 atom stereocenters. The highest BCUT2D eigenvalue weighted by atomic mass is 35.5. The van der Waals surface area contributed by atoms with Crippen LogP contribution < -0.4 is 4.90 Å². The van der Waals surface area contributed by atoms with E-state index >= 15 is 0 Å². The predicted molar refractivity (Wildman–Crippen MR) is 128 cm³/mol. The summed E-state index contributed by atoms with van der Waals surface area (Å²) in [5.74, 6) is 0.924. The topological polar surface area (TPSA) is 29.0 Å². The summed E-state index contributed by atoms with van der Waals surface area (Å²) in [7, 11) is 0. The van der Waals surface area contributed by atoms with E-state index in [9.17, 15) is 0 Å². The number of hydrogen-bond donors (Lipinski definition) is 0. The van der Waals surface area contributed by atoms with Crippen molar-refractivity contribution in [1.82, 2.24) is 9.97 Å². The van der Waals surface area contributed by atoms with Crippen molar-refractivity contribution < 1.29 is 0 Å². The SMILES string of the molecule is CCc1ccc(-c2c(CC)sc3nc(Cl)nc(N4c5ccccc5CC4C)c23)cc1. The first-order valence-corrected chi connectivity index (χ1v) is 11.8. The van der Waals surface area contributed by atoms with Gasteiger partial charge in [-0.15, -0.1) is 11.3 Å². The highest BCUT2D eigenvalue weighted by Crippen LogP contribution is 2.47. The van der Waals surface area contributed by atoms with Gasteiger partial charge in [-0.2, -0.15) is 4.98 Å². The maximum absolute atomic E-state index is 6.43. The number of thiophene rings is 1. The third-order valence-electron chi connectivity index (χ3n) is 5.99. The van der Waals surface area contributed by atoms with Crippen LogP contribution in [0.1, 0.15) is 36.8 Å². The summed E-state index contributed by atoms with van der Waals surface area (Å²) in [5.41, 5.74) is 6.40. The van der Waals surface area contributed by atoms with Crippen molar-refractivity contribution >= 4 is 44.7 Å². The molecule has 0 aliphatic carbocycles. The molecule has 0 saturated heterocycles.